The smallest absolute Gasteiger partial charge is 0.426 e. The molecule has 0 aliphatic heterocycles. The highest BCUT2D eigenvalue weighted by Gasteiger charge is 2.77. The lowest BCUT2D eigenvalue weighted by Gasteiger charge is -2.43. The molecule has 3 fully saturated rings. The van der Waals surface area contributed by atoms with E-state index in [2.05, 4.69) is 4.74 Å². The van der Waals surface area contributed by atoms with Crippen molar-refractivity contribution in [3.63, 3.8) is 0 Å². The SMILES string of the molecule is CC1C2CC(C1C)C(C(O)(C(F)(F)F)C(F)(F)F)C2.CCC(C)(C)C(=O)OC1CC(F)(F)C1(F)F.CCF.CF.FCF. The third kappa shape index (κ3) is 9.47. The Balaban J connectivity index is 0. The molecular weight excluding hydrogens is 626 g/mol. The second kappa shape index (κ2) is 16.1. The lowest BCUT2D eigenvalue weighted by atomic mass is 9.68. The first kappa shape index (κ1) is 43.6. The van der Waals surface area contributed by atoms with E-state index in [0.717, 1.165) is 0 Å². The fraction of sp³-hybridized carbons (Fsp3) is 0.962. The Hall–Kier alpha value is -1.55. The average Bonchev–Trinajstić information content (AvgIpc) is 3.44. The van der Waals surface area contributed by atoms with E-state index in [-0.39, 0.29) is 30.8 Å². The van der Waals surface area contributed by atoms with Crippen LogP contribution in [-0.2, 0) is 9.53 Å². The molecule has 0 aromatic carbocycles. The maximum Gasteiger partial charge on any atom is 0.426 e. The van der Waals surface area contributed by atoms with Gasteiger partial charge in [0, 0.05) is 5.92 Å². The van der Waals surface area contributed by atoms with Crippen LogP contribution in [0.4, 0.5) is 61.5 Å². The van der Waals surface area contributed by atoms with E-state index in [1.54, 1.807) is 13.8 Å². The maximum absolute atomic E-state index is 12.8. The predicted octanol–water partition coefficient (Wildman–Crippen LogP) is 9.22. The summed E-state index contributed by atoms with van der Waals surface area (Å²) in [5.41, 5.74) is -5.51. The van der Waals surface area contributed by atoms with Crippen LogP contribution in [0.5, 0.6) is 0 Å². The normalized spacial score (nSPS) is 28.7. The molecule has 3 rings (SSSR count). The van der Waals surface area contributed by atoms with Crippen molar-refractivity contribution in [2.75, 3.05) is 20.8 Å². The third-order valence-corrected chi connectivity index (χ3v) is 8.32. The minimum absolute atomic E-state index is 0.118. The van der Waals surface area contributed by atoms with Crippen LogP contribution in [0.15, 0.2) is 0 Å². The van der Waals surface area contributed by atoms with E-state index < -0.39 is 72.5 Å². The summed E-state index contributed by atoms with van der Waals surface area (Å²) in [7, 11) is 0.500. The molecule has 6 unspecified atom stereocenters. The quantitative estimate of drug-likeness (QED) is 0.241. The fourth-order valence-electron chi connectivity index (χ4n) is 5.15. The minimum Gasteiger partial charge on any atom is -0.455 e. The van der Waals surface area contributed by atoms with Gasteiger partial charge < -0.3 is 9.84 Å². The van der Waals surface area contributed by atoms with Crippen molar-refractivity contribution in [1.29, 1.82) is 0 Å². The average molecular weight is 667 g/mol. The summed E-state index contributed by atoms with van der Waals surface area (Å²) in [6.07, 6.45) is -14.0. The molecule has 0 amide bonds. The van der Waals surface area contributed by atoms with Gasteiger partial charge in [0.15, 0.2) is 6.10 Å². The van der Waals surface area contributed by atoms with Gasteiger partial charge in [0.1, 0.15) is 0 Å². The van der Waals surface area contributed by atoms with Crippen LogP contribution in [0, 0.1) is 35.0 Å². The van der Waals surface area contributed by atoms with Gasteiger partial charge in [0.2, 0.25) is 6.93 Å². The third-order valence-electron chi connectivity index (χ3n) is 8.32. The topological polar surface area (TPSA) is 46.5 Å². The number of carbonyl (C=O) groups is 1. The molecule has 6 atom stereocenters. The minimum atomic E-state index is -5.69. The number of halogens is 14. The van der Waals surface area contributed by atoms with Gasteiger partial charge in [0.05, 0.1) is 25.7 Å². The zero-order chi connectivity index (χ0) is 35.0. The van der Waals surface area contributed by atoms with Gasteiger partial charge in [-0.25, -0.2) is 8.78 Å². The Morgan fingerprint density at radius 1 is 0.860 bits per heavy atom. The van der Waals surface area contributed by atoms with Gasteiger partial charge in [-0.2, -0.15) is 43.9 Å². The van der Waals surface area contributed by atoms with Crippen molar-refractivity contribution in [2.45, 2.75) is 103 Å². The molecule has 2 bridgehead atoms. The summed E-state index contributed by atoms with van der Waals surface area (Å²) in [5, 5.41) is 9.46. The van der Waals surface area contributed by atoms with Crippen molar-refractivity contribution in [3.05, 3.63) is 0 Å². The molecule has 0 radical (unpaired) electrons. The number of carbonyl (C=O) groups excluding carboxylic acids is 1. The predicted molar refractivity (Wildman–Crippen MR) is 129 cm³/mol. The van der Waals surface area contributed by atoms with Gasteiger partial charge in [-0.1, -0.05) is 20.8 Å². The maximum atomic E-state index is 12.8. The van der Waals surface area contributed by atoms with Gasteiger partial charge in [-0.05, 0) is 63.7 Å². The first-order chi connectivity index (χ1) is 19.3. The Kier molecular flexibility index (Phi) is 16.4. The van der Waals surface area contributed by atoms with Crippen molar-refractivity contribution in [2.24, 2.45) is 35.0 Å². The van der Waals surface area contributed by atoms with Crippen molar-refractivity contribution in [1.82, 2.24) is 0 Å². The summed E-state index contributed by atoms with van der Waals surface area (Å²) in [5.74, 6) is -11.9. The Morgan fingerprint density at radius 3 is 1.51 bits per heavy atom. The molecule has 3 nitrogen and oxygen atoms in total. The second-order valence-electron chi connectivity index (χ2n) is 11.0. The zero-order valence-corrected chi connectivity index (χ0v) is 24.8. The van der Waals surface area contributed by atoms with E-state index >= 15 is 0 Å². The monoisotopic (exact) mass is 666 g/mol. The first-order valence-corrected chi connectivity index (χ1v) is 13.2. The molecule has 17 heteroatoms. The lowest BCUT2D eigenvalue weighted by molar-refractivity contribution is -0.390. The summed E-state index contributed by atoms with van der Waals surface area (Å²) < 4.78 is 171. The fourth-order valence-corrected chi connectivity index (χ4v) is 5.15. The Morgan fingerprint density at radius 2 is 1.26 bits per heavy atom. The van der Waals surface area contributed by atoms with E-state index in [1.165, 1.54) is 20.8 Å². The van der Waals surface area contributed by atoms with Crippen LogP contribution in [0.3, 0.4) is 0 Å². The second-order valence-corrected chi connectivity index (χ2v) is 11.0. The van der Waals surface area contributed by atoms with E-state index in [9.17, 15) is 71.4 Å². The number of alkyl halides is 14. The van der Waals surface area contributed by atoms with Crippen LogP contribution in [0.25, 0.3) is 0 Å². The highest BCUT2D eigenvalue weighted by atomic mass is 19.4. The molecule has 0 spiro atoms. The van der Waals surface area contributed by atoms with Gasteiger partial charge in [0.25, 0.3) is 5.60 Å². The van der Waals surface area contributed by atoms with Crippen LogP contribution in [0.2, 0.25) is 0 Å². The molecule has 3 aliphatic rings. The van der Waals surface area contributed by atoms with Crippen molar-refractivity contribution in [3.8, 4) is 0 Å². The van der Waals surface area contributed by atoms with Gasteiger partial charge in [-0.15, -0.1) is 0 Å². The molecule has 0 heterocycles. The lowest BCUT2D eigenvalue weighted by Crippen LogP contribution is -2.64. The van der Waals surface area contributed by atoms with Crippen LogP contribution >= 0.6 is 0 Å². The van der Waals surface area contributed by atoms with E-state index in [1.807, 2.05) is 6.92 Å². The Bertz CT molecular complexity index is 811. The van der Waals surface area contributed by atoms with Crippen LogP contribution in [-0.4, -0.2) is 67.8 Å². The summed E-state index contributed by atoms with van der Waals surface area (Å²) in [6, 6.07) is 0. The molecule has 3 saturated carbocycles. The Labute approximate surface area is 241 Å². The van der Waals surface area contributed by atoms with Crippen molar-refractivity contribution < 1.29 is 76.1 Å². The molecule has 0 aromatic rings. The summed E-state index contributed by atoms with van der Waals surface area (Å²) >= 11 is 0. The number of hydrogen-bond donors (Lipinski definition) is 1. The summed E-state index contributed by atoms with van der Waals surface area (Å²) in [4.78, 5) is 11.4. The van der Waals surface area contributed by atoms with Crippen LogP contribution in [0.1, 0.15) is 67.2 Å². The standard InChI is InChI=1S/C12H16F6O.C10H14F4O2.C2H5F.CH2F2.CH3F/c1-5-6(2)8-3-7(5)4-9(8)10(19,11(13,14)15)12(16,17)18;1-4-8(2,3)7(15)16-6-5-9(11,12)10(6,13)14;1-2-3;2-1-3;1-2/h5-9,19H,3-4H2,1-2H3;6H,4-5H2,1-3H3;2H2,1H3;1H2;1H3. The molecule has 43 heavy (non-hydrogen) atoms. The molecule has 3 aliphatic carbocycles. The number of rotatable bonds is 4. The number of ether oxygens (including phenoxy) is 1. The van der Waals surface area contributed by atoms with E-state index in [0.29, 0.717) is 20.0 Å². The van der Waals surface area contributed by atoms with E-state index in [4.69, 9.17) is 0 Å². The largest absolute Gasteiger partial charge is 0.455 e. The molecule has 0 saturated heterocycles. The summed E-state index contributed by atoms with van der Waals surface area (Å²) in [6.45, 7) is 7.71. The van der Waals surface area contributed by atoms with Gasteiger partial charge in [-0.3, -0.25) is 13.6 Å². The number of aliphatic hydroxyl groups is 1. The zero-order valence-electron chi connectivity index (χ0n) is 24.8. The number of esters is 1. The molecular formula is C26H40F14O3. The van der Waals surface area contributed by atoms with Crippen LogP contribution < -0.4 is 0 Å². The molecule has 260 valence electrons. The molecule has 0 aromatic heterocycles. The van der Waals surface area contributed by atoms with Crippen molar-refractivity contribution >= 4 is 5.97 Å². The number of hydrogen-bond acceptors (Lipinski definition) is 3. The first-order valence-electron chi connectivity index (χ1n) is 13.2. The highest BCUT2D eigenvalue weighted by molar-refractivity contribution is 5.76. The highest BCUT2D eigenvalue weighted by Crippen LogP contribution is 2.63. The van der Waals surface area contributed by atoms with Gasteiger partial charge >= 0.3 is 30.2 Å². The molecule has 1 N–H and O–H groups in total. The number of fused-ring (bicyclic) bond motifs is 2.